The van der Waals surface area contributed by atoms with E-state index in [1.54, 1.807) is 25.2 Å². The average molecular weight is 440 g/mol. The molecule has 0 saturated heterocycles. The standard InChI is InChI=1S/C23H23ClFN5O/c1-26-21(31)23(12-3-2-4-13-23)30-22-27-14-17(24)20(29-22)19-7-5-6-18(28-19)15-8-10-16(25)11-9-15/h5-11,14H,2-4,12-13H2,1H3,(H,26,31)(H,27,29,30). The Morgan fingerprint density at radius 3 is 2.45 bits per heavy atom. The summed E-state index contributed by atoms with van der Waals surface area (Å²) in [5.41, 5.74) is 1.76. The van der Waals surface area contributed by atoms with Gasteiger partial charge in [-0.15, -0.1) is 0 Å². The van der Waals surface area contributed by atoms with Crippen LogP contribution < -0.4 is 10.6 Å². The number of carbonyl (C=O) groups is 1. The second-order valence-corrected chi connectivity index (χ2v) is 8.06. The maximum atomic E-state index is 13.3. The molecule has 3 aromatic rings. The Morgan fingerprint density at radius 2 is 1.74 bits per heavy atom. The number of halogens is 2. The fourth-order valence-corrected chi connectivity index (χ4v) is 4.16. The minimum Gasteiger partial charge on any atom is -0.357 e. The van der Waals surface area contributed by atoms with Gasteiger partial charge in [-0.2, -0.15) is 0 Å². The Labute approximate surface area is 185 Å². The van der Waals surface area contributed by atoms with Crippen molar-refractivity contribution in [3.63, 3.8) is 0 Å². The molecule has 1 aromatic carbocycles. The first-order valence-corrected chi connectivity index (χ1v) is 10.6. The number of carbonyl (C=O) groups excluding carboxylic acids is 1. The van der Waals surface area contributed by atoms with Gasteiger partial charge in [-0.05, 0) is 49.2 Å². The highest BCUT2D eigenvalue weighted by atomic mass is 35.5. The predicted molar refractivity (Wildman–Crippen MR) is 119 cm³/mol. The van der Waals surface area contributed by atoms with Crippen LogP contribution in [0, 0.1) is 5.82 Å². The molecule has 0 radical (unpaired) electrons. The molecule has 0 spiro atoms. The zero-order valence-corrected chi connectivity index (χ0v) is 17.9. The van der Waals surface area contributed by atoms with E-state index in [4.69, 9.17) is 11.6 Å². The molecule has 2 heterocycles. The van der Waals surface area contributed by atoms with Crippen molar-refractivity contribution in [3.05, 3.63) is 59.5 Å². The smallest absolute Gasteiger partial charge is 0.245 e. The van der Waals surface area contributed by atoms with E-state index in [1.807, 2.05) is 12.1 Å². The summed E-state index contributed by atoms with van der Waals surface area (Å²) in [4.78, 5) is 26.2. The van der Waals surface area contributed by atoms with Gasteiger partial charge in [0.15, 0.2) is 0 Å². The lowest BCUT2D eigenvalue weighted by atomic mass is 9.81. The highest BCUT2D eigenvalue weighted by Crippen LogP contribution is 2.33. The number of hydrogen-bond donors (Lipinski definition) is 2. The van der Waals surface area contributed by atoms with Crippen molar-refractivity contribution in [2.45, 2.75) is 37.6 Å². The normalized spacial score (nSPS) is 15.3. The van der Waals surface area contributed by atoms with Gasteiger partial charge in [0.05, 0.1) is 22.6 Å². The van der Waals surface area contributed by atoms with Crippen molar-refractivity contribution in [3.8, 4) is 22.6 Å². The Kier molecular flexibility index (Phi) is 6.13. The number of anilines is 1. The van der Waals surface area contributed by atoms with E-state index >= 15 is 0 Å². The highest BCUT2D eigenvalue weighted by molar-refractivity contribution is 6.32. The van der Waals surface area contributed by atoms with E-state index in [0.29, 0.717) is 40.9 Å². The molecule has 0 atom stereocenters. The molecule has 160 valence electrons. The topological polar surface area (TPSA) is 79.8 Å². The lowest BCUT2D eigenvalue weighted by Crippen LogP contribution is -2.53. The molecule has 6 nitrogen and oxygen atoms in total. The fourth-order valence-electron chi connectivity index (χ4n) is 3.97. The average Bonchev–Trinajstić information content (AvgIpc) is 2.81. The SMILES string of the molecule is CNC(=O)C1(Nc2ncc(Cl)c(-c3cccc(-c4ccc(F)cc4)n3)n2)CCCCC1. The molecule has 2 N–H and O–H groups in total. The Morgan fingerprint density at radius 1 is 1.03 bits per heavy atom. The maximum absolute atomic E-state index is 13.3. The summed E-state index contributed by atoms with van der Waals surface area (Å²) in [6.07, 6.45) is 5.97. The number of hydrogen-bond acceptors (Lipinski definition) is 5. The molecule has 2 aromatic heterocycles. The van der Waals surface area contributed by atoms with Crippen LogP contribution in [0.3, 0.4) is 0 Å². The van der Waals surface area contributed by atoms with Crippen LogP contribution in [0.4, 0.5) is 10.3 Å². The zero-order valence-electron chi connectivity index (χ0n) is 17.2. The number of benzene rings is 1. The van der Waals surface area contributed by atoms with Crippen LogP contribution >= 0.6 is 11.6 Å². The third-order valence-electron chi connectivity index (χ3n) is 5.60. The van der Waals surface area contributed by atoms with Crippen LogP contribution in [0.1, 0.15) is 32.1 Å². The fraction of sp³-hybridized carbons (Fsp3) is 0.304. The number of aromatic nitrogens is 3. The Bertz CT molecular complexity index is 1080. The Hall–Kier alpha value is -3.06. The highest BCUT2D eigenvalue weighted by Gasteiger charge is 2.39. The molecule has 31 heavy (non-hydrogen) atoms. The number of likely N-dealkylation sites (N-methyl/N-ethyl adjacent to an activating group) is 1. The van der Waals surface area contributed by atoms with Crippen LogP contribution in [0.2, 0.25) is 5.02 Å². The molecular formula is C23H23ClFN5O. The van der Waals surface area contributed by atoms with Crippen LogP contribution in [0.25, 0.3) is 22.6 Å². The van der Waals surface area contributed by atoms with Gasteiger partial charge in [0.2, 0.25) is 11.9 Å². The van der Waals surface area contributed by atoms with Gasteiger partial charge in [-0.1, -0.05) is 36.9 Å². The monoisotopic (exact) mass is 439 g/mol. The van der Waals surface area contributed by atoms with Crippen molar-refractivity contribution in [2.24, 2.45) is 0 Å². The van der Waals surface area contributed by atoms with Crippen LogP contribution in [-0.2, 0) is 4.79 Å². The van der Waals surface area contributed by atoms with Crippen molar-refractivity contribution in [1.29, 1.82) is 0 Å². The molecule has 0 unspecified atom stereocenters. The van der Waals surface area contributed by atoms with Gasteiger partial charge >= 0.3 is 0 Å². The van der Waals surface area contributed by atoms with Crippen molar-refractivity contribution < 1.29 is 9.18 Å². The van der Waals surface area contributed by atoms with E-state index in [1.165, 1.54) is 18.3 Å². The van der Waals surface area contributed by atoms with Gasteiger partial charge in [-0.3, -0.25) is 4.79 Å². The molecule has 8 heteroatoms. The molecule has 1 saturated carbocycles. The molecule has 0 bridgehead atoms. The summed E-state index contributed by atoms with van der Waals surface area (Å²) in [5, 5.41) is 6.39. The third-order valence-corrected chi connectivity index (χ3v) is 5.87. The molecule has 0 aliphatic heterocycles. The second kappa shape index (κ2) is 8.98. The molecule has 1 fully saturated rings. The number of rotatable bonds is 5. The third kappa shape index (κ3) is 4.51. The van der Waals surface area contributed by atoms with Crippen LogP contribution in [0.5, 0.6) is 0 Å². The van der Waals surface area contributed by atoms with Crippen molar-refractivity contribution >= 4 is 23.5 Å². The maximum Gasteiger partial charge on any atom is 0.245 e. The number of pyridine rings is 1. The van der Waals surface area contributed by atoms with Gasteiger partial charge in [0.1, 0.15) is 17.1 Å². The van der Waals surface area contributed by atoms with E-state index in [-0.39, 0.29) is 11.7 Å². The molecule has 1 amide bonds. The number of nitrogens with one attached hydrogen (secondary N) is 2. The quantitative estimate of drug-likeness (QED) is 0.593. The molecule has 1 aliphatic rings. The first kappa shape index (κ1) is 21.2. The van der Waals surface area contributed by atoms with Crippen molar-refractivity contribution in [1.82, 2.24) is 20.3 Å². The predicted octanol–water partition coefficient (Wildman–Crippen LogP) is 4.86. The zero-order chi connectivity index (χ0) is 21.8. The summed E-state index contributed by atoms with van der Waals surface area (Å²) in [5.74, 6) is -0.0372. The van der Waals surface area contributed by atoms with Crippen molar-refractivity contribution in [2.75, 3.05) is 12.4 Å². The van der Waals surface area contributed by atoms with Gasteiger partial charge < -0.3 is 10.6 Å². The van der Waals surface area contributed by atoms with E-state index in [9.17, 15) is 9.18 Å². The van der Waals surface area contributed by atoms with E-state index in [0.717, 1.165) is 24.8 Å². The lowest BCUT2D eigenvalue weighted by molar-refractivity contribution is -0.126. The summed E-state index contributed by atoms with van der Waals surface area (Å²) < 4.78 is 13.3. The number of nitrogens with zero attached hydrogens (tertiary/aromatic N) is 3. The minimum absolute atomic E-state index is 0.0660. The van der Waals surface area contributed by atoms with E-state index < -0.39 is 5.54 Å². The van der Waals surface area contributed by atoms with Crippen LogP contribution in [0.15, 0.2) is 48.7 Å². The molecular weight excluding hydrogens is 417 g/mol. The van der Waals surface area contributed by atoms with Gasteiger partial charge in [0, 0.05) is 12.6 Å². The molecule has 1 aliphatic carbocycles. The lowest BCUT2D eigenvalue weighted by Gasteiger charge is -2.36. The Balaban J connectivity index is 1.67. The van der Waals surface area contributed by atoms with Gasteiger partial charge in [0.25, 0.3) is 0 Å². The number of amides is 1. The first-order chi connectivity index (χ1) is 15.0. The summed E-state index contributed by atoms with van der Waals surface area (Å²) in [7, 11) is 1.64. The largest absolute Gasteiger partial charge is 0.357 e. The molecule has 4 rings (SSSR count). The van der Waals surface area contributed by atoms with E-state index in [2.05, 4.69) is 25.6 Å². The summed E-state index contributed by atoms with van der Waals surface area (Å²) >= 11 is 6.40. The summed E-state index contributed by atoms with van der Waals surface area (Å²) in [6, 6.07) is 11.6. The minimum atomic E-state index is -0.735. The van der Waals surface area contributed by atoms with Gasteiger partial charge in [-0.25, -0.2) is 19.3 Å². The summed E-state index contributed by atoms with van der Waals surface area (Å²) in [6.45, 7) is 0. The van der Waals surface area contributed by atoms with Crippen LogP contribution in [-0.4, -0.2) is 33.4 Å². The first-order valence-electron chi connectivity index (χ1n) is 10.3. The second-order valence-electron chi connectivity index (χ2n) is 7.65.